The number of rotatable bonds is 5. The van der Waals surface area contributed by atoms with Crippen molar-refractivity contribution in [2.75, 3.05) is 13.7 Å². The molecule has 0 unspecified atom stereocenters. The third kappa shape index (κ3) is 3.53. The van der Waals surface area contributed by atoms with Crippen LogP contribution in [-0.2, 0) is 11.3 Å². The number of hydrogen-bond donors (Lipinski definition) is 0. The molecule has 3 rings (SSSR count). The van der Waals surface area contributed by atoms with Gasteiger partial charge in [-0.25, -0.2) is 9.79 Å². The van der Waals surface area contributed by atoms with E-state index in [4.69, 9.17) is 9.15 Å². The molecule has 0 bridgehead atoms. The molecule has 0 radical (unpaired) electrons. The van der Waals surface area contributed by atoms with Gasteiger partial charge < -0.3 is 13.9 Å². The third-order valence-electron chi connectivity index (χ3n) is 3.65. The maximum atomic E-state index is 11.5. The van der Waals surface area contributed by atoms with Crippen LogP contribution in [0.3, 0.4) is 0 Å². The monoisotopic (exact) mass is 326 g/mol. The number of hydrogen-bond acceptors (Lipinski definition) is 6. The number of carbonyl (C=O) groups excluding carboxylic acids is 1. The number of benzene rings is 1. The lowest BCUT2D eigenvalue weighted by atomic mass is 10.2. The molecule has 6 heteroatoms. The first-order valence-corrected chi connectivity index (χ1v) is 7.65. The van der Waals surface area contributed by atoms with E-state index in [1.165, 1.54) is 7.11 Å². The Morgan fingerprint density at radius 3 is 2.75 bits per heavy atom. The molecule has 0 spiro atoms. The van der Waals surface area contributed by atoms with Crippen molar-refractivity contribution in [3.05, 3.63) is 53.0 Å². The highest BCUT2D eigenvalue weighted by Gasteiger charge is 2.15. The van der Waals surface area contributed by atoms with Crippen LogP contribution in [0.2, 0.25) is 0 Å². The van der Waals surface area contributed by atoms with E-state index in [1.54, 1.807) is 13.0 Å². The zero-order valence-corrected chi connectivity index (χ0v) is 13.6. The van der Waals surface area contributed by atoms with Crippen LogP contribution in [-0.4, -0.2) is 31.7 Å². The number of aryl methyl sites for hydroxylation is 1. The summed E-state index contributed by atoms with van der Waals surface area (Å²) >= 11 is 0. The molecular weight excluding hydrogens is 308 g/mol. The number of furan rings is 1. The molecule has 24 heavy (non-hydrogen) atoms. The Hall–Kier alpha value is -2.89. The van der Waals surface area contributed by atoms with Crippen molar-refractivity contribution in [3.8, 4) is 5.75 Å². The lowest BCUT2D eigenvalue weighted by Crippen LogP contribution is -2.04. The molecule has 1 aliphatic heterocycles. The van der Waals surface area contributed by atoms with Gasteiger partial charge in [0.25, 0.3) is 0 Å². The Morgan fingerprint density at radius 2 is 2.08 bits per heavy atom. The van der Waals surface area contributed by atoms with Gasteiger partial charge in [0.05, 0.1) is 7.11 Å². The van der Waals surface area contributed by atoms with Crippen molar-refractivity contribution in [2.45, 2.75) is 20.0 Å². The molecule has 0 atom stereocenters. The fourth-order valence-corrected chi connectivity index (χ4v) is 2.31. The van der Waals surface area contributed by atoms with E-state index in [1.807, 2.05) is 30.5 Å². The quantitative estimate of drug-likeness (QED) is 0.791. The minimum atomic E-state index is -0.498. The topological polar surface area (TPSA) is 73.4 Å². The summed E-state index contributed by atoms with van der Waals surface area (Å²) in [4.78, 5) is 20.1. The molecule has 2 heterocycles. The van der Waals surface area contributed by atoms with Gasteiger partial charge in [-0.05, 0) is 37.3 Å². The fourth-order valence-electron chi connectivity index (χ4n) is 2.31. The van der Waals surface area contributed by atoms with Crippen LogP contribution in [0.25, 0.3) is 0 Å². The van der Waals surface area contributed by atoms with Crippen LogP contribution >= 0.6 is 0 Å². The molecule has 0 fully saturated rings. The van der Waals surface area contributed by atoms with Gasteiger partial charge in [-0.3, -0.25) is 4.99 Å². The van der Waals surface area contributed by atoms with Gasteiger partial charge in [0.1, 0.15) is 18.1 Å². The van der Waals surface area contributed by atoms with Crippen LogP contribution in [0.1, 0.15) is 33.9 Å². The molecule has 6 nitrogen and oxygen atoms in total. The number of ether oxygens (including phenoxy) is 2. The van der Waals surface area contributed by atoms with Crippen LogP contribution in [0.5, 0.6) is 5.75 Å². The van der Waals surface area contributed by atoms with Gasteiger partial charge in [0.15, 0.2) is 5.84 Å². The van der Waals surface area contributed by atoms with Crippen molar-refractivity contribution in [1.29, 1.82) is 0 Å². The molecule has 124 valence electrons. The highest BCUT2D eigenvalue weighted by atomic mass is 16.5. The Kier molecular flexibility index (Phi) is 4.74. The highest BCUT2D eigenvalue weighted by molar-refractivity contribution is 6.04. The average molecular weight is 326 g/mol. The first-order valence-electron chi connectivity index (χ1n) is 7.65. The second-order valence-electron chi connectivity index (χ2n) is 5.30. The van der Waals surface area contributed by atoms with Crippen LogP contribution in [0, 0.1) is 6.92 Å². The SMILES string of the molecule is COC(=O)c1cc(COc2ccc(C3=NCCC=N3)cc2)c(C)o1. The largest absolute Gasteiger partial charge is 0.489 e. The van der Waals surface area contributed by atoms with Crippen molar-refractivity contribution in [3.63, 3.8) is 0 Å². The smallest absolute Gasteiger partial charge is 0.373 e. The Balaban J connectivity index is 1.65. The van der Waals surface area contributed by atoms with Crippen LogP contribution in [0.15, 0.2) is 44.7 Å². The lowest BCUT2D eigenvalue weighted by molar-refractivity contribution is 0.0563. The van der Waals surface area contributed by atoms with E-state index in [0.717, 1.165) is 35.7 Å². The molecule has 0 aliphatic carbocycles. The van der Waals surface area contributed by atoms with E-state index < -0.39 is 5.97 Å². The van der Waals surface area contributed by atoms with Gasteiger partial charge >= 0.3 is 5.97 Å². The number of nitrogens with zero attached hydrogens (tertiary/aromatic N) is 2. The summed E-state index contributed by atoms with van der Waals surface area (Å²) in [6.07, 6.45) is 2.77. The summed E-state index contributed by atoms with van der Waals surface area (Å²) in [5.41, 5.74) is 1.77. The first-order chi connectivity index (χ1) is 11.7. The van der Waals surface area contributed by atoms with Gasteiger partial charge in [-0.15, -0.1) is 0 Å². The summed E-state index contributed by atoms with van der Waals surface area (Å²) in [7, 11) is 1.32. The predicted octanol–water partition coefficient (Wildman–Crippen LogP) is 3.17. The number of amidine groups is 1. The normalized spacial score (nSPS) is 13.5. The summed E-state index contributed by atoms with van der Waals surface area (Å²) in [5, 5.41) is 0. The molecule has 0 N–H and O–H groups in total. The molecule has 1 aliphatic rings. The Bertz CT molecular complexity index is 788. The van der Waals surface area contributed by atoms with E-state index in [0.29, 0.717) is 12.4 Å². The molecule has 1 aromatic carbocycles. The zero-order chi connectivity index (χ0) is 16.9. The van der Waals surface area contributed by atoms with Crippen molar-refractivity contribution in [1.82, 2.24) is 0 Å². The van der Waals surface area contributed by atoms with Crippen molar-refractivity contribution >= 4 is 18.0 Å². The molecule has 0 saturated carbocycles. The summed E-state index contributed by atoms with van der Waals surface area (Å²) in [6.45, 7) is 2.87. The standard InChI is InChI=1S/C18H18N2O4/c1-12-14(10-16(24-12)18(21)22-2)11-23-15-6-4-13(5-7-15)17-19-8-3-9-20-17/h4-8,10H,3,9,11H2,1-2H3. The third-order valence-corrected chi connectivity index (χ3v) is 3.65. The average Bonchev–Trinajstić information content (AvgIpc) is 3.01. The molecule has 2 aromatic rings. The maximum absolute atomic E-state index is 11.5. The van der Waals surface area contributed by atoms with Gasteiger partial charge in [-0.2, -0.15) is 0 Å². The minimum Gasteiger partial charge on any atom is -0.489 e. The summed E-state index contributed by atoms with van der Waals surface area (Å²) in [6, 6.07) is 9.25. The second-order valence-corrected chi connectivity index (χ2v) is 5.30. The van der Waals surface area contributed by atoms with Crippen molar-refractivity contribution in [2.24, 2.45) is 9.98 Å². The van der Waals surface area contributed by atoms with E-state index >= 15 is 0 Å². The fraction of sp³-hybridized carbons (Fsp3) is 0.278. The van der Waals surface area contributed by atoms with Gasteiger partial charge in [-0.1, -0.05) is 0 Å². The minimum absolute atomic E-state index is 0.178. The van der Waals surface area contributed by atoms with Crippen LogP contribution < -0.4 is 4.74 Å². The number of methoxy groups -OCH3 is 1. The van der Waals surface area contributed by atoms with E-state index in [-0.39, 0.29) is 5.76 Å². The molecule has 0 saturated heterocycles. The number of aliphatic imine (C=N–C) groups is 2. The number of esters is 1. The maximum Gasteiger partial charge on any atom is 0.373 e. The predicted molar refractivity (Wildman–Crippen MR) is 90.1 cm³/mol. The van der Waals surface area contributed by atoms with Crippen molar-refractivity contribution < 1.29 is 18.7 Å². The lowest BCUT2D eigenvalue weighted by Gasteiger charge is -2.08. The molecule has 0 amide bonds. The zero-order valence-electron chi connectivity index (χ0n) is 13.6. The van der Waals surface area contributed by atoms with Gasteiger partial charge in [0.2, 0.25) is 5.76 Å². The van der Waals surface area contributed by atoms with E-state index in [9.17, 15) is 4.79 Å². The molecular formula is C18H18N2O4. The highest BCUT2D eigenvalue weighted by Crippen LogP contribution is 2.20. The summed E-state index contributed by atoms with van der Waals surface area (Å²) < 4.78 is 15.8. The number of carbonyl (C=O) groups is 1. The van der Waals surface area contributed by atoms with E-state index in [2.05, 4.69) is 14.7 Å². The Morgan fingerprint density at radius 1 is 1.29 bits per heavy atom. The Labute approximate surface area is 139 Å². The van der Waals surface area contributed by atoms with Gasteiger partial charge in [0, 0.05) is 30.3 Å². The second kappa shape index (κ2) is 7.12. The van der Waals surface area contributed by atoms with Crippen LogP contribution in [0.4, 0.5) is 0 Å². The summed E-state index contributed by atoms with van der Waals surface area (Å²) in [5.74, 6) is 1.79. The molecule has 1 aromatic heterocycles. The first kappa shape index (κ1) is 16.0.